The van der Waals surface area contributed by atoms with E-state index < -0.39 is 5.41 Å². The van der Waals surface area contributed by atoms with Gasteiger partial charge in [0, 0.05) is 0 Å². The zero-order valence-corrected chi connectivity index (χ0v) is 10.8. The molecule has 0 aromatic heterocycles. The first-order valence-electron chi connectivity index (χ1n) is 5.64. The Balaban J connectivity index is 3.11. The van der Waals surface area contributed by atoms with Crippen molar-refractivity contribution in [3.05, 3.63) is 34.9 Å². The maximum absolute atomic E-state index is 11.9. The first-order valence-corrected chi connectivity index (χ1v) is 5.64. The van der Waals surface area contributed by atoms with E-state index in [-0.39, 0.29) is 5.97 Å². The van der Waals surface area contributed by atoms with Gasteiger partial charge in [0.15, 0.2) is 0 Å². The third-order valence-electron chi connectivity index (χ3n) is 2.84. The van der Waals surface area contributed by atoms with Gasteiger partial charge in [-0.1, -0.05) is 23.8 Å². The van der Waals surface area contributed by atoms with E-state index in [4.69, 9.17) is 4.74 Å². The van der Waals surface area contributed by atoms with Crippen LogP contribution >= 0.6 is 0 Å². The molecule has 0 fully saturated rings. The summed E-state index contributed by atoms with van der Waals surface area (Å²) in [5.41, 5.74) is 2.81. The van der Waals surface area contributed by atoms with Crippen LogP contribution in [0, 0.1) is 13.8 Å². The summed E-state index contributed by atoms with van der Waals surface area (Å²) < 4.78 is 5.11. The summed E-state index contributed by atoms with van der Waals surface area (Å²) in [5.74, 6) is -0.165. The molecular weight excluding hydrogens is 200 g/mol. The Morgan fingerprint density at radius 3 is 2.44 bits per heavy atom. The van der Waals surface area contributed by atoms with Gasteiger partial charge in [-0.25, -0.2) is 0 Å². The fourth-order valence-corrected chi connectivity index (χ4v) is 1.94. The number of rotatable bonds is 3. The molecule has 0 heterocycles. The number of ether oxygens (including phenoxy) is 1. The zero-order chi connectivity index (χ0) is 12.3. The lowest BCUT2D eigenvalue weighted by Crippen LogP contribution is -2.31. The molecule has 0 aliphatic rings. The van der Waals surface area contributed by atoms with E-state index in [0.29, 0.717) is 6.61 Å². The van der Waals surface area contributed by atoms with Crippen molar-refractivity contribution in [3.8, 4) is 0 Å². The monoisotopic (exact) mass is 220 g/mol. The van der Waals surface area contributed by atoms with Crippen LogP contribution in [0.5, 0.6) is 0 Å². The second kappa shape index (κ2) is 4.69. The third kappa shape index (κ3) is 2.43. The summed E-state index contributed by atoms with van der Waals surface area (Å²) in [5, 5.41) is 0. The molecule has 1 aromatic carbocycles. The number of benzene rings is 1. The molecule has 1 rings (SSSR count). The maximum Gasteiger partial charge on any atom is 0.315 e. The molecule has 88 valence electrons. The van der Waals surface area contributed by atoms with E-state index in [2.05, 4.69) is 6.07 Å². The quantitative estimate of drug-likeness (QED) is 0.731. The van der Waals surface area contributed by atoms with Gasteiger partial charge >= 0.3 is 5.97 Å². The molecule has 0 bridgehead atoms. The highest BCUT2D eigenvalue weighted by molar-refractivity contribution is 5.82. The van der Waals surface area contributed by atoms with Crippen molar-refractivity contribution in [3.63, 3.8) is 0 Å². The highest BCUT2D eigenvalue weighted by Gasteiger charge is 2.32. The van der Waals surface area contributed by atoms with Gasteiger partial charge in [-0.3, -0.25) is 4.79 Å². The number of carbonyl (C=O) groups is 1. The second-order valence-electron chi connectivity index (χ2n) is 4.66. The molecule has 0 saturated carbocycles. The molecule has 0 unspecified atom stereocenters. The van der Waals surface area contributed by atoms with Crippen LogP contribution in [-0.4, -0.2) is 12.6 Å². The van der Waals surface area contributed by atoms with Crippen molar-refractivity contribution < 1.29 is 9.53 Å². The Labute approximate surface area is 97.6 Å². The number of aryl methyl sites for hydroxylation is 2. The molecule has 2 heteroatoms. The zero-order valence-electron chi connectivity index (χ0n) is 10.8. The summed E-state index contributed by atoms with van der Waals surface area (Å²) in [6.45, 7) is 10.1. The lowest BCUT2D eigenvalue weighted by molar-refractivity contribution is -0.148. The van der Waals surface area contributed by atoms with Crippen LogP contribution in [0.4, 0.5) is 0 Å². The fourth-order valence-electron chi connectivity index (χ4n) is 1.94. The summed E-state index contributed by atoms with van der Waals surface area (Å²) >= 11 is 0. The molecule has 0 saturated heterocycles. The molecule has 2 nitrogen and oxygen atoms in total. The topological polar surface area (TPSA) is 26.3 Å². The SMILES string of the molecule is CCOC(=O)C(C)(C)c1ccc(C)cc1C. The average molecular weight is 220 g/mol. The summed E-state index contributed by atoms with van der Waals surface area (Å²) in [6.07, 6.45) is 0. The molecule has 1 aromatic rings. The van der Waals surface area contributed by atoms with Crippen molar-refractivity contribution in [2.45, 2.75) is 40.0 Å². The van der Waals surface area contributed by atoms with Gasteiger partial charge in [0.2, 0.25) is 0 Å². The van der Waals surface area contributed by atoms with Crippen LogP contribution in [0.25, 0.3) is 0 Å². The minimum Gasteiger partial charge on any atom is -0.465 e. The molecule has 0 aliphatic heterocycles. The minimum atomic E-state index is -0.576. The Hall–Kier alpha value is -1.31. The smallest absolute Gasteiger partial charge is 0.315 e. The second-order valence-corrected chi connectivity index (χ2v) is 4.66. The van der Waals surface area contributed by atoms with E-state index in [9.17, 15) is 4.79 Å². The molecule has 0 N–H and O–H groups in total. The predicted octanol–water partition coefficient (Wildman–Crippen LogP) is 3.14. The van der Waals surface area contributed by atoms with E-state index in [1.165, 1.54) is 5.56 Å². The van der Waals surface area contributed by atoms with Crippen LogP contribution in [0.15, 0.2) is 18.2 Å². The highest BCUT2D eigenvalue weighted by Crippen LogP contribution is 2.28. The lowest BCUT2D eigenvalue weighted by atomic mass is 9.81. The maximum atomic E-state index is 11.9. The number of carbonyl (C=O) groups excluding carboxylic acids is 1. The van der Waals surface area contributed by atoms with Crippen molar-refractivity contribution in [1.82, 2.24) is 0 Å². The first kappa shape index (κ1) is 12.8. The number of hydrogen-bond donors (Lipinski definition) is 0. The van der Waals surface area contributed by atoms with E-state index in [1.807, 2.05) is 46.8 Å². The van der Waals surface area contributed by atoms with E-state index in [0.717, 1.165) is 11.1 Å². The fraction of sp³-hybridized carbons (Fsp3) is 0.500. The first-order chi connectivity index (χ1) is 7.39. The Bertz CT molecular complexity index is 392. The van der Waals surface area contributed by atoms with Gasteiger partial charge in [-0.2, -0.15) is 0 Å². The van der Waals surface area contributed by atoms with E-state index in [1.54, 1.807) is 0 Å². The minimum absolute atomic E-state index is 0.165. The average Bonchev–Trinajstić information content (AvgIpc) is 2.17. The largest absolute Gasteiger partial charge is 0.465 e. The summed E-state index contributed by atoms with van der Waals surface area (Å²) in [6, 6.07) is 6.14. The highest BCUT2D eigenvalue weighted by atomic mass is 16.5. The van der Waals surface area contributed by atoms with Crippen LogP contribution in [0.3, 0.4) is 0 Å². The van der Waals surface area contributed by atoms with Crippen molar-refractivity contribution >= 4 is 5.97 Å². The molecule has 0 atom stereocenters. The van der Waals surface area contributed by atoms with Gasteiger partial charge in [0.05, 0.1) is 12.0 Å². The number of esters is 1. The molecule has 0 radical (unpaired) electrons. The van der Waals surface area contributed by atoms with Gasteiger partial charge in [-0.05, 0) is 45.7 Å². The Morgan fingerprint density at radius 1 is 1.31 bits per heavy atom. The lowest BCUT2D eigenvalue weighted by Gasteiger charge is -2.24. The van der Waals surface area contributed by atoms with Crippen LogP contribution < -0.4 is 0 Å². The van der Waals surface area contributed by atoms with Crippen LogP contribution in [-0.2, 0) is 14.9 Å². The van der Waals surface area contributed by atoms with Gasteiger partial charge in [-0.15, -0.1) is 0 Å². The van der Waals surface area contributed by atoms with Gasteiger partial charge < -0.3 is 4.74 Å². The molecule has 0 amide bonds. The van der Waals surface area contributed by atoms with Crippen molar-refractivity contribution in [2.75, 3.05) is 6.61 Å². The standard InChI is InChI=1S/C14H20O2/c1-6-16-13(15)14(4,5)12-8-7-10(2)9-11(12)3/h7-9H,6H2,1-5H3. The molecule has 0 spiro atoms. The third-order valence-corrected chi connectivity index (χ3v) is 2.84. The van der Waals surface area contributed by atoms with Crippen LogP contribution in [0.2, 0.25) is 0 Å². The van der Waals surface area contributed by atoms with Crippen LogP contribution in [0.1, 0.15) is 37.5 Å². The normalized spacial score (nSPS) is 11.3. The van der Waals surface area contributed by atoms with Gasteiger partial charge in [0.25, 0.3) is 0 Å². The summed E-state index contributed by atoms with van der Waals surface area (Å²) in [7, 11) is 0. The van der Waals surface area contributed by atoms with Crippen molar-refractivity contribution in [1.29, 1.82) is 0 Å². The Morgan fingerprint density at radius 2 is 1.94 bits per heavy atom. The van der Waals surface area contributed by atoms with Crippen molar-refractivity contribution in [2.24, 2.45) is 0 Å². The Kier molecular flexibility index (Phi) is 3.74. The molecule has 16 heavy (non-hydrogen) atoms. The number of hydrogen-bond acceptors (Lipinski definition) is 2. The summed E-state index contributed by atoms with van der Waals surface area (Å²) in [4.78, 5) is 11.9. The molecular formula is C14H20O2. The van der Waals surface area contributed by atoms with E-state index >= 15 is 0 Å². The van der Waals surface area contributed by atoms with Gasteiger partial charge in [0.1, 0.15) is 0 Å². The predicted molar refractivity (Wildman–Crippen MR) is 65.6 cm³/mol. The molecule has 0 aliphatic carbocycles.